The fourth-order valence-electron chi connectivity index (χ4n) is 2.54. The van der Waals surface area contributed by atoms with E-state index in [-0.39, 0.29) is 5.91 Å². The van der Waals surface area contributed by atoms with Crippen molar-refractivity contribution in [2.24, 2.45) is 11.7 Å². The SMILES string of the molecule is Cc1cc(Cl)ccc1NC(=O)CN1CCC(CN)CC1. The molecule has 1 aromatic carbocycles. The molecule has 2 rings (SSSR count). The normalized spacial score (nSPS) is 17.1. The maximum atomic E-state index is 12.1. The van der Waals surface area contributed by atoms with Gasteiger partial charge < -0.3 is 11.1 Å². The lowest BCUT2D eigenvalue weighted by atomic mass is 9.97. The molecular weight excluding hydrogens is 274 g/mol. The molecule has 1 saturated heterocycles. The minimum atomic E-state index is 0.0293. The van der Waals surface area contributed by atoms with Crippen LogP contribution >= 0.6 is 11.6 Å². The summed E-state index contributed by atoms with van der Waals surface area (Å²) in [5.41, 5.74) is 7.48. The summed E-state index contributed by atoms with van der Waals surface area (Å²) in [4.78, 5) is 14.2. The average molecular weight is 296 g/mol. The van der Waals surface area contributed by atoms with Crippen molar-refractivity contribution in [2.75, 3.05) is 31.5 Å². The van der Waals surface area contributed by atoms with Gasteiger partial charge in [-0.15, -0.1) is 0 Å². The standard InChI is InChI=1S/C15H22ClN3O/c1-11-8-13(16)2-3-14(11)18-15(20)10-19-6-4-12(9-17)5-7-19/h2-3,8,12H,4-7,9-10,17H2,1H3,(H,18,20). The molecule has 5 heteroatoms. The lowest BCUT2D eigenvalue weighted by molar-refractivity contribution is -0.117. The van der Waals surface area contributed by atoms with Crippen LogP contribution in [-0.4, -0.2) is 37.0 Å². The quantitative estimate of drug-likeness (QED) is 0.896. The fraction of sp³-hybridized carbons (Fsp3) is 0.533. The number of anilines is 1. The summed E-state index contributed by atoms with van der Waals surface area (Å²) in [7, 11) is 0. The van der Waals surface area contributed by atoms with Gasteiger partial charge in [-0.3, -0.25) is 9.69 Å². The molecule has 1 fully saturated rings. The summed E-state index contributed by atoms with van der Waals surface area (Å²) in [5, 5.41) is 3.63. The van der Waals surface area contributed by atoms with E-state index in [1.807, 2.05) is 19.1 Å². The molecule has 1 amide bonds. The molecule has 1 heterocycles. The summed E-state index contributed by atoms with van der Waals surface area (Å²) in [5.74, 6) is 0.648. The van der Waals surface area contributed by atoms with Gasteiger partial charge in [0.1, 0.15) is 0 Å². The van der Waals surface area contributed by atoms with Crippen molar-refractivity contribution in [3.8, 4) is 0 Å². The Bertz CT molecular complexity index is 470. The molecule has 0 radical (unpaired) electrons. The number of halogens is 1. The van der Waals surface area contributed by atoms with E-state index >= 15 is 0 Å². The molecule has 20 heavy (non-hydrogen) atoms. The number of amides is 1. The zero-order chi connectivity index (χ0) is 14.5. The summed E-state index contributed by atoms with van der Waals surface area (Å²) in [6.45, 7) is 5.04. The highest BCUT2D eigenvalue weighted by atomic mass is 35.5. The van der Waals surface area contributed by atoms with Gasteiger partial charge in [-0.2, -0.15) is 0 Å². The van der Waals surface area contributed by atoms with Crippen molar-refractivity contribution >= 4 is 23.2 Å². The number of likely N-dealkylation sites (tertiary alicyclic amines) is 1. The number of nitrogens with one attached hydrogen (secondary N) is 1. The van der Waals surface area contributed by atoms with E-state index in [2.05, 4.69) is 10.2 Å². The molecule has 1 aliphatic heterocycles. The van der Waals surface area contributed by atoms with E-state index in [9.17, 15) is 4.79 Å². The van der Waals surface area contributed by atoms with E-state index in [1.54, 1.807) is 6.07 Å². The number of hydrogen-bond acceptors (Lipinski definition) is 3. The van der Waals surface area contributed by atoms with Crippen LogP contribution in [0, 0.1) is 12.8 Å². The van der Waals surface area contributed by atoms with E-state index in [1.165, 1.54) is 0 Å². The van der Waals surface area contributed by atoms with Crippen LogP contribution in [0.4, 0.5) is 5.69 Å². The van der Waals surface area contributed by atoms with Gasteiger partial charge in [0.25, 0.3) is 0 Å². The third kappa shape index (κ3) is 4.20. The Kier molecular flexibility index (Phi) is 5.40. The molecular formula is C15H22ClN3O. The molecule has 0 aromatic heterocycles. The predicted molar refractivity (Wildman–Crippen MR) is 83.0 cm³/mol. The molecule has 0 atom stereocenters. The van der Waals surface area contributed by atoms with Gasteiger partial charge in [0.2, 0.25) is 5.91 Å². The third-order valence-electron chi connectivity index (χ3n) is 3.87. The first-order valence-corrected chi connectivity index (χ1v) is 7.44. The first kappa shape index (κ1) is 15.3. The minimum Gasteiger partial charge on any atom is -0.330 e. The molecule has 0 spiro atoms. The monoisotopic (exact) mass is 295 g/mol. The molecule has 1 aromatic rings. The maximum absolute atomic E-state index is 12.1. The summed E-state index contributed by atoms with van der Waals surface area (Å²) in [6.07, 6.45) is 2.17. The van der Waals surface area contributed by atoms with Crippen molar-refractivity contribution in [3.63, 3.8) is 0 Å². The number of carbonyl (C=O) groups excluding carboxylic acids is 1. The van der Waals surface area contributed by atoms with E-state index in [4.69, 9.17) is 17.3 Å². The van der Waals surface area contributed by atoms with E-state index in [0.29, 0.717) is 17.5 Å². The Hall–Kier alpha value is -1.10. The first-order valence-electron chi connectivity index (χ1n) is 7.07. The fourth-order valence-corrected chi connectivity index (χ4v) is 2.77. The van der Waals surface area contributed by atoms with Crippen LogP contribution in [0.3, 0.4) is 0 Å². The topological polar surface area (TPSA) is 58.4 Å². The number of carbonyl (C=O) groups is 1. The van der Waals surface area contributed by atoms with Crippen molar-refractivity contribution < 1.29 is 4.79 Å². The maximum Gasteiger partial charge on any atom is 0.238 e. The van der Waals surface area contributed by atoms with E-state index in [0.717, 1.165) is 43.7 Å². The number of nitrogens with zero attached hydrogens (tertiary/aromatic N) is 1. The van der Waals surface area contributed by atoms with Crippen LogP contribution < -0.4 is 11.1 Å². The van der Waals surface area contributed by atoms with Gasteiger partial charge in [-0.25, -0.2) is 0 Å². The van der Waals surface area contributed by atoms with E-state index < -0.39 is 0 Å². The van der Waals surface area contributed by atoms with Gasteiger partial charge in [0, 0.05) is 10.7 Å². The largest absolute Gasteiger partial charge is 0.330 e. The second-order valence-electron chi connectivity index (χ2n) is 5.46. The molecule has 0 unspecified atom stereocenters. The minimum absolute atomic E-state index is 0.0293. The smallest absolute Gasteiger partial charge is 0.238 e. The molecule has 1 aliphatic rings. The van der Waals surface area contributed by atoms with Crippen LogP contribution in [0.5, 0.6) is 0 Å². The second-order valence-corrected chi connectivity index (χ2v) is 5.90. The van der Waals surface area contributed by atoms with Crippen LogP contribution in [0.2, 0.25) is 5.02 Å². The third-order valence-corrected chi connectivity index (χ3v) is 4.11. The van der Waals surface area contributed by atoms with Gasteiger partial charge in [-0.05, 0) is 69.1 Å². The number of hydrogen-bond donors (Lipinski definition) is 2. The van der Waals surface area contributed by atoms with Crippen molar-refractivity contribution in [1.29, 1.82) is 0 Å². The highest BCUT2D eigenvalue weighted by Crippen LogP contribution is 2.20. The lowest BCUT2D eigenvalue weighted by Crippen LogP contribution is -2.40. The predicted octanol–water partition coefficient (Wildman–Crippen LogP) is 2.26. The van der Waals surface area contributed by atoms with Crippen molar-refractivity contribution in [2.45, 2.75) is 19.8 Å². The Morgan fingerprint density at radius 3 is 2.75 bits per heavy atom. The van der Waals surface area contributed by atoms with Crippen LogP contribution in [0.25, 0.3) is 0 Å². The Labute approximate surface area is 125 Å². The van der Waals surface area contributed by atoms with Gasteiger partial charge in [-0.1, -0.05) is 11.6 Å². The zero-order valence-corrected chi connectivity index (χ0v) is 12.6. The van der Waals surface area contributed by atoms with Crippen LogP contribution in [0.1, 0.15) is 18.4 Å². The molecule has 0 aliphatic carbocycles. The Morgan fingerprint density at radius 1 is 1.45 bits per heavy atom. The van der Waals surface area contributed by atoms with Gasteiger partial charge >= 0.3 is 0 Å². The number of rotatable bonds is 4. The number of nitrogens with two attached hydrogens (primary N) is 1. The lowest BCUT2D eigenvalue weighted by Gasteiger charge is -2.30. The molecule has 4 nitrogen and oxygen atoms in total. The summed E-state index contributed by atoms with van der Waals surface area (Å²) >= 11 is 5.91. The number of piperidine rings is 1. The highest BCUT2D eigenvalue weighted by Gasteiger charge is 2.19. The Balaban J connectivity index is 1.84. The van der Waals surface area contributed by atoms with Gasteiger partial charge in [0.05, 0.1) is 6.54 Å². The summed E-state index contributed by atoms with van der Waals surface area (Å²) in [6, 6.07) is 5.48. The average Bonchev–Trinajstić information content (AvgIpc) is 2.43. The zero-order valence-electron chi connectivity index (χ0n) is 11.9. The molecule has 0 saturated carbocycles. The second kappa shape index (κ2) is 7.07. The molecule has 3 N–H and O–H groups in total. The van der Waals surface area contributed by atoms with Crippen LogP contribution in [-0.2, 0) is 4.79 Å². The molecule has 0 bridgehead atoms. The van der Waals surface area contributed by atoms with Crippen molar-refractivity contribution in [3.05, 3.63) is 28.8 Å². The van der Waals surface area contributed by atoms with Crippen molar-refractivity contribution in [1.82, 2.24) is 4.90 Å². The van der Waals surface area contributed by atoms with Crippen LogP contribution in [0.15, 0.2) is 18.2 Å². The molecule has 110 valence electrons. The summed E-state index contributed by atoms with van der Waals surface area (Å²) < 4.78 is 0. The Morgan fingerprint density at radius 2 is 2.15 bits per heavy atom. The number of benzene rings is 1. The first-order chi connectivity index (χ1) is 9.58. The highest BCUT2D eigenvalue weighted by molar-refractivity contribution is 6.30. The number of aryl methyl sites for hydroxylation is 1. The van der Waals surface area contributed by atoms with Gasteiger partial charge in [0.15, 0.2) is 0 Å².